The average Bonchev–Trinajstić information content (AvgIpc) is 3.95. The van der Waals surface area contributed by atoms with Crippen molar-refractivity contribution >= 4 is 62.0 Å². The Morgan fingerprint density at radius 2 is 1.10 bits per heavy atom. The smallest absolute Gasteiger partial charge is 0.373 e. The van der Waals surface area contributed by atoms with Crippen LogP contribution in [0.15, 0.2) is 115 Å². The molecule has 0 atom stereocenters. The van der Waals surface area contributed by atoms with Crippen LogP contribution in [0.25, 0.3) is 66.8 Å². The van der Waals surface area contributed by atoms with Crippen LogP contribution >= 0.6 is 0 Å². The quantitative estimate of drug-likeness (QED) is 0.0624. The van der Waals surface area contributed by atoms with Gasteiger partial charge in [-0.25, -0.2) is 23.9 Å². The van der Waals surface area contributed by atoms with Gasteiger partial charge >= 0.3 is 23.6 Å². The highest BCUT2D eigenvalue weighted by molar-refractivity contribution is 5.86. The molecule has 0 radical (unpaired) electrons. The number of carbonyl (C=O) groups excluding carboxylic acids is 4. The van der Waals surface area contributed by atoms with Gasteiger partial charge in [0.2, 0.25) is 0 Å². The molecule has 8 rings (SSSR count). The summed E-state index contributed by atoms with van der Waals surface area (Å²) in [7, 11) is 0. The van der Waals surface area contributed by atoms with Crippen LogP contribution in [0.1, 0.15) is 87.0 Å². The van der Waals surface area contributed by atoms with Crippen molar-refractivity contribution in [2.75, 3.05) is 25.0 Å². The van der Waals surface area contributed by atoms with E-state index in [0.717, 1.165) is 59.2 Å². The minimum absolute atomic E-state index is 0.222. The predicted molar refractivity (Wildman–Crippen MR) is 264 cm³/mol. The van der Waals surface area contributed by atoms with Gasteiger partial charge in [-0.2, -0.15) is 19.2 Å². The number of aromatic nitrogens is 4. The van der Waals surface area contributed by atoms with Crippen molar-refractivity contribution in [1.29, 1.82) is 0 Å². The van der Waals surface area contributed by atoms with Crippen LogP contribution in [0.3, 0.4) is 0 Å². The van der Waals surface area contributed by atoms with Gasteiger partial charge in [0, 0.05) is 47.2 Å². The SMILES string of the molecule is CCCCCN.CCCCCNc1ccc2cc(-c3nc4ccccc4[nH]3)c(=O)oc2c1.CCN(C(C)C)C(C)C.O=C=O.O=C=O.O=c1oc2cc(F)ccc2cc1-c1nc2ccccc2[nH]1. The van der Waals surface area contributed by atoms with E-state index in [9.17, 15) is 14.0 Å². The maximum absolute atomic E-state index is 13.2. The Balaban J connectivity index is 0.000000259. The molecule has 8 aromatic rings. The lowest BCUT2D eigenvalue weighted by Gasteiger charge is -2.28. The lowest BCUT2D eigenvalue weighted by atomic mass is 10.1. The number of para-hydroxylation sites is 4. The van der Waals surface area contributed by atoms with E-state index >= 15 is 0 Å². The van der Waals surface area contributed by atoms with Crippen LogP contribution < -0.4 is 22.3 Å². The third-order valence-corrected chi connectivity index (χ3v) is 10.3. The second-order valence-corrected chi connectivity index (χ2v) is 15.8. The molecule has 0 aliphatic carbocycles. The highest BCUT2D eigenvalue weighted by Gasteiger charge is 2.14. The van der Waals surface area contributed by atoms with E-state index in [4.69, 9.17) is 33.7 Å². The molecular weight excluding hydrogens is 870 g/mol. The number of hydrogen-bond donors (Lipinski definition) is 4. The second-order valence-electron chi connectivity index (χ2n) is 15.8. The number of anilines is 1. The Bertz CT molecular complexity index is 2870. The Morgan fingerprint density at radius 1 is 0.647 bits per heavy atom. The maximum Gasteiger partial charge on any atom is 0.373 e. The van der Waals surface area contributed by atoms with Gasteiger partial charge in [-0.15, -0.1) is 0 Å². The summed E-state index contributed by atoms with van der Waals surface area (Å²) in [6.45, 7) is 18.5. The Hall–Kier alpha value is -7.35. The molecule has 0 aliphatic rings. The summed E-state index contributed by atoms with van der Waals surface area (Å²) in [5, 5.41) is 4.89. The Morgan fingerprint density at radius 3 is 1.51 bits per heavy atom. The van der Waals surface area contributed by atoms with E-state index in [0.29, 0.717) is 45.8 Å². The van der Waals surface area contributed by atoms with Gasteiger partial charge in [-0.05, 0) is 114 Å². The number of imidazole rings is 2. The van der Waals surface area contributed by atoms with E-state index < -0.39 is 11.4 Å². The number of nitrogens with zero attached hydrogens (tertiary/aromatic N) is 3. The predicted octanol–water partition coefficient (Wildman–Crippen LogP) is 10.5. The monoisotopic (exact) mass is 931 g/mol. The first-order valence-corrected chi connectivity index (χ1v) is 22.7. The third-order valence-electron chi connectivity index (χ3n) is 10.3. The number of H-pyrrole nitrogens is 2. The van der Waals surface area contributed by atoms with E-state index in [2.05, 4.69) is 78.6 Å². The van der Waals surface area contributed by atoms with Crippen molar-refractivity contribution in [1.82, 2.24) is 24.8 Å². The summed E-state index contributed by atoms with van der Waals surface area (Å²) < 4.78 is 23.9. The Kier molecular flexibility index (Phi) is 23.7. The van der Waals surface area contributed by atoms with Gasteiger partial charge in [0.1, 0.15) is 39.8 Å². The van der Waals surface area contributed by atoms with Crippen LogP contribution in [0.2, 0.25) is 0 Å². The average molecular weight is 932 g/mol. The lowest BCUT2D eigenvalue weighted by Crippen LogP contribution is -2.36. The molecule has 0 unspecified atom stereocenters. The first kappa shape index (κ1) is 55.0. The summed E-state index contributed by atoms with van der Waals surface area (Å²) in [6, 6.07) is 30.0. The number of aromatic amines is 2. The normalized spacial score (nSPS) is 10.4. The molecule has 0 spiro atoms. The van der Waals surface area contributed by atoms with Crippen LogP contribution in [0, 0.1) is 5.82 Å². The van der Waals surface area contributed by atoms with Gasteiger partial charge in [0.25, 0.3) is 0 Å². The fourth-order valence-electron chi connectivity index (χ4n) is 7.13. The molecule has 4 aromatic carbocycles. The number of unbranched alkanes of at least 4 members (excludes halogenated alkanes) is 4. The summed E-state index contributed by atoms with van der Waals surface area (Å²) in [4.78, 5) is 74.7. The molecular formula is C52H62FN7O8. The summed E-state index contributed by atoms with van der Waals surface area (Å²) >= 11 is 0. The number of benzene rings is 4. The van der Waals surface area contributed by atoms with Crippen LogP contribution in [-0.4, -0.2) is 68.9 Å². The van der Waals surface area contributed by atoms with Gasteiger partial charge in [0.15, 0.2) is 0 Å². The van der Waals surface area contributed by atoms with Crippen molar-refractivity contribution in [2.45, 2.75) is 99.1 Å². The molecule has 0 saturated heterocycles. The first-order chi connectivity index (χ1) is 32.8. The molecule has 68 heavy (non-hydrogen) atoms. The molecule has 0 saturated carbocycles. The molecule has 4 heterocycles. The molecule has 16 heteroatoms. The number of nitrogens with two attached hydrogens (primary N) is 1. The number of rotatable bonds is 13. The van der Waals surface area contributed by atoms with Gasteiger partial charge in [-0.3, -0.25) is 4.90 Å². The minimum atomic E-state index is -0.549. The van der Waals surface area contributed by atoms with E-state index in [1.165, 1.54) is 44.2 Å². The summed E-state index contributed by atoms with van der Waals surface area (Å²) in [5.41, 5.74) is 10.1. The summed E-state index contributed by atoms with van der Waals surface area (Å²) in [6.07, 6.45) is 7.78. The van der Waals surface area contributed by atoms with E-state index in [-0.39, 0.29) is 23.5 Å². The number of hydrogen-bond acceptors (Lipinski definition) is 13. The van der Waals surface area contributed by atoms with Crippen molar-refractivity contribution < 1.29 is 32.4 Å². The highest BCUT2D eigenvalue weighted by Crippen LogP contribution is 2.25. The summed E-state index contributed by atoms with van der Waals surface area (Å²) in [5.74, 6) is 0.530. The molecule has 0 bridgehead atoms. The molecule has 0 aliphatic heterocycles. The molecule has 0 fully saturated rings. The fourth-order valence-corrected chi connectivity index (χ4v) is 7.13. The highest BCUT2D eigenvalue weighted by atomic mass is 19.1. The zero-order valence-electron chi connectivity index (χ0n) is 39.8. The number of nitrogens with one attached hydrogen (secondary N) is 3. The topological polar surface area (TPSA) is 227 Å². The van der Waals surface area contributed by atoms with Crippen LogP contribution in [-0.2, 0) is 19.2 Å². The van der Waals surface area contributed by atoms with Gasteiger partial charge < -0.3 is 29.9 Å². The number of halogens is 1. The van der Waals surface area contributed by atoms with Crippen molar-refractivity contribution in [3.8, 4) is 22.8 Å². The largest absolute Gasteiger partial charge is 0.422 e. The molecule has 15 nitrogen and oxygen atoms in total. The zero-order valence-corrected chi connectivity index (χ0v) is 39.8. The fraction of sp³-hybridized carbons (Fsp3) is 0.346. The first-order valence-electron chi connectivity index (χ1n) is 22.7. The number of fused-ring (bicyclic) bond motifs is 4. The second kappa shape index (κ2) is 29.3. The molecule has 0 amide bonds. The van der Waals surface area contributed by atoms with Gasteiger partial charge in [-0.1, -0.05) is 70.7 Å². The van der Waals surface area contributed by atoms with Crippen molar-refractivity contribution in [2.24, 2.45) is 5.73 Å². The van der Waals surface area contributed by atoms with E-state index in [1.54, 1.807) is 12.1 Å². The Labute approximate surface area is 394 Å². The van der Waals surface area contributed by atoms with Crippen LogP contribution in [0.4, 0.5) is 10.1 Å². The lowest BCUT2D eigenvalue weighted by molar-refractivity contribution is -0.193. The van der Waals surface area contributed by atoms with Crippen molar-refractivity contribution in [3.63, 3.8) is 0 Å². The standard InChI is InChI=1S/C21H21N3O2.C16H9FN2O2.C8H19N.C5H13N.2CO2/c1-2-3-6-11-22-15-10-9-14-12-16(21(25)26-19(14)13-15)20-23-17-7-4-5-8-18(17)24-20;17-10-6-5-9-7-11(16(20)21-14(9)8-10)15-18-12-3-1-2-4-13(12)19-15;1-6-9(7(2)3)8(4)5;1-2-3-4-5-6;2*2-1-3/h4-5,7-10,12-13,22H,2-3,6,11H2,1H3,(H,23,24);1-8H,(H,18,19);7-8H,6H2,1-5H3;2-6H2,1H3;;. The zero-order chi connectivity index (χ0) is 50.0. The van der Waals surface area contributed by atoms with Gasteiger partial charge in [0.05, 0.1) is 22.1 Å². The molecule has 5 N–H and O–H groups in total. The third kappa shape index (κ3) is 16.8. The van der Waals surface area contributed by atoms with Crippen LogP contribution in [0.5, 0.6) is 0 Å². The molecule has 360 valence electrons. The minimum Gasteiger partial charge on any atom is -0.422 e. The molecule has 4 aromatic heterocycles. The van der Waals surface area contributed by atoms with Crippen molar-refractivity contribution in [3.05, 3.63) is 124 Å². The maximum atomic E-state index is 13.2. The van der Waals surface area contributed by atoms with E-state index in [1.807, 2.05) is 72.8 Å².